The van der Waals surface area contributed by atoms with Crippen molar-refractivity contribution >= 4 is 11.8 Å². The third-order valence-electron chi connectivity index (χ3n) is 2.69. The summed E-state index contributed by atoms with van der Waals surface area (Å²) in [6.45, 7) is 4.20. The first-order chi connectivity index (χ1) is 8.16. The highest BCUT2D eigenvalue weighted by atomic mass is 16.5. The van der Waals surface area contributed by atoms with Crippen LogP contribution in [-0.4, -0.2) is 18.4 Å². The van der Waals surface area contributed by atoms with Crippen LogP contribution in [0, 0.1) is 0 Å². The van der Waals surface area contributed by atoms with Crippen LogP contribution < -0.4 is 0 Å². The Balaban J connectivity index is 3.16. The third-order valence-corrected chi connectivity index (χ3v) is 2.69. The Bertz CT molecular complexity index is 212. The number of Topliss-reactive ketones (excluding diaryl/α,β-unsaturated/α-hetero) is 1. The Morgan fingerprint density at radius 1 is 0.882 bits per heavy atom. The molecule has 3 nitrogen and oxygen atoms in total. The molecule has 0 aromatic carbocycles. The number of rotatable bonds is 11. The van der Waals surface area contributed by atoms with Crippen molar-refractivity contribution in [2.24, 2.45) is 0 Å². The first-order valence-corrected chi connectivity index (χ1v) is 6.82. The lowest BCUT2D eigenvalue weighted by molar-refractivity contribution is -0.144. The molecule has 0 amide bonds. The van der Waals surface area contributed by atoms with E-state index in [1.165, 1.54) is 39.0 Å². The Kier molecular flexibility index (Phi) is 11.0. The molecule has 100 valence electrons. The van der Waals surface area contributed by atoms with Crippen molar-refractivity contribution in [2.45, 2.75) is 71.6 Å². The Labute approximate surface area is 105 Å². The summed E-state index contributed by atoms with van der Waals surface area (Å²) in [5.74, 6) is -0.205. The monoisotopic (exact) mass is 242 g/mol. The zero-order chi connectivity index (χ0) is 12.9. The van der Waals surface area contributed by atoms with E-state index >= 15 is 0 Å². The summed E-state index contributed by atoms with van der Waals surface area (Å²) >= 11 is 0. The number of unbranched alkanes of at least 4 members (excludes halogenated alkanes) is 6. The highest BCUT2D eigenvalue weighted by Gasteiger charge is 2.04. The minimum atomic E-state index is -0.244. The summed E-state index contributed by atoms with van der Waals surface area (Å²) < 4.78 is 5.03. The van der Waals surface area contributed by atoms with Crippen LogP contribution >= 0.6 is 0 Å². The summed E-state index contributed by atoms with van der Waals surface area (Å²) in [5.41, 5.74) is 0. The van der Waals surface area contributed by atoms with Crippen molar-refractivity contribution in [2.75, 3.05) is 6.61 Å². The SMILES string of the molecule is CCCCCCCCCOC(=O)CCC(C)=O. The minimum Gasteiger partial charge on any atom is -0.466 e. The minimum absolute atomic E-state index is 0.0397. The number of hydrogen-bond acceptors (Lipinski definition) is 3. The molecule has 0 fully saturated rings. The molecule has 0 aromatic rings. The molecule has 0 unspecified atom stereocenters. The van der Waals surface area contributed by atoms with Crippen LogP contribution in [-0.2, 0) is 14.3 Å². The van der Waals surface area contributed by atoms with E-state index in [1.807, 2.05) is 0 Å². The van der Waals surface area contributed by atoms with Gasteiger partial charge < -0.3 is 9.53 Å². The second kappa shape index (κ2) is 11.6. The van der Waals surface area contributed by atoms with E-state index in [2.05, 4.69) is 6.92 Å². The van der Waals surface area contributed by atoms with Crippen molar-refractivity contribution in [3.05, 3.63) is 0 Å². The molecule has 0 atom stereocenters. The van der Waals surface area contributed by atoms with Crippen LogP contribution in [0.25, 0.3) is 0 Å². The molecular weight excluding hydrogens is 216 g/mol. The van der Waals surface area contributed by atoms with Crippen LogP contribution in [0.4, 0.5) is 0 Å². The zero-order valence-corrected chi connectivity index (χ0v) is 11.3. The fraction of sp³-hybridized carbons (Fsp3) is 0.857. The number of carbonyl (C=O) groups is 2. The van der Waals surface area contributed by atoms with Gasteiger partial charge in [0.05, 0.1) is 13.0 Å². The lowest BCUT2D eigenvalue weighted by atomic mass is 10.1. The van der Waals surface area contributed by atoms with Crippen molar-refractivity contribution in [3.8, 4) is 0 Å². The van der Waals surface area contributed by atoms with Gasteiger partial charge in [-0.25, -0.2) is 0 Å². The molecule has 0 saturated carbocycles. The van der Waals surface area contributed by atoms with Gasteiger partial charge in [0, 0.05) is 6.42 Å². The van der Waals surface area contributed by atoms with E-state index in [-0.39, 0.29) is 18.2 Å². The van der Waals surface area contributed by atoms with Gasteiger partial charge in [0.2, 0.25) is 0 Å². The normalized spacial score (nSPS) is 10.2. The van der Waals surface area contributed by atoms with Crippen molar-refractivity contribution in [1.82, 2.24) is 0 Å². The molecule has 0 saturated heterocycles. The lowest BCUT2D eigenvalue weighted by Crippen LogP contribution is -2.07. The molecule has 0 rings (SSSR count). The highest BCUT2D eigenvalue weighted by molar-refractivity contribution is 5.80. The summed E-state index contributed by atoms with van der Waals surface area (Å²) in [6, 6.07) is 0. The molecule has 0 aromatic heterocycles. The summed E-state index contributed by atoms with van der Waals surface area (Å²) in [6.07, 6.45) is 9.02. The van der Waals surface area contributed by atoms with Crippen LogP contribution in [0.1, 0.15) is 71.6 Å². The second-order valence-corrected chi connectivity index (χ2v) is 4.54. The Hall–Kier alpha value is -0.860. The predicted molar refractivity (Wildman–Crippen MR) is 68.9 cm³/mol. The zero-order valence-electron chi connectivity index (χ0n) is 11.3. The van der Waals surface area contributed by atoms with Crippen molar-refractivity contribution in [1.29, 1.82) is 0 Å². The number of hydrogen-bond donors (Lipinski definition) is 0. The third kappa shape index (κ3) is 13.1. The van der Waals surface area contributed by atoms with E-state index in [1.54, 1.807) is 0 Å². The van der Waals surface area contributed by atoms with Crippen LogP contribution in [0.15, 0.2) is 0 Å². The van der Waals surface area contributed by atoms with Gasteiger partial charge in [0.15, 0.2) is 0 Å². The number of ketones is 1. The molecular formula is C14H26O3. The number of esters is 1. The van der Waals surface area contributed by atoms with Gasteiger partial charge >= 0.3 is 5.97 Å². The van der Waals surface area contributed by atoms with Gasteiger partial charge in [-0.05, 0) is 13.3 Å². The van der Waals surface area contributed by atoms with Crippen molar-refractivity contribution < 1.29 is 14.3 Å². The Morgan fingerprint density at radius 3 is 2.06 bits per heavy atom. The van der Waals surface area contributed by atoms with Gasteiger partial charge in [0.25, 0.3) is 0 Å². The molecule has 0 aliphatic carbocycles. The van der Waals surface area contributed by atoms with Crippen molar-refractivity contribution in [3.63, 3.8) is 0 Å². The molecule has 17 heavy (non-hydrogen) atoms. The van der Waals surface area contributed by atoms with Gasteiger partial charge in [-0.3, -0.25) is 4.79 Å². The fourth-order valence-electron chi connectivity index (χ4n) is 1.60. The fourth-order valence-corrected chi connectivity index (χ4v) is 1.60. The van der Waals surface area contributed by atoms with Crippen LogP contribution in [0.3, 0.4) is 0 Å². The maximum absolute atomic E-state index is 11.1. The van der Waals surface area contributed by atoms with E-state index in [0.29, 0.717) is 13.0 Å². The van der Waals surface area contributed by atoms with Crippen LogP contribution in [0.5, 0.6) is 0 Å². The summed E-state index contributed by atoms with van der Waals surface area (Å²) in [5, 5.41) is 0. The van der Waals surface area contributed by atoms with Gasteiger partial charge in [-0.1, -0.05) is 45.4 Å². The van der Waals surface area contributed by atoms with E-state index in [9.17, 15) is 9.59 Å². The standard InChI is InChI=1S/C14H26O3/c1-3-4-5-6-7-8-9-12-17-14(16)11-10-13(2)15/h3-12H2,1-2H3. The second-order valence-electron chi connectivity index (χ2n) is 4.54. The van der Waals surface area contributed by atoms with Crippen LogP contribution in [0.2, 0.25) is 0 Å². The lowest BCUT2D eigenvalue weighted by Gasteiger charge is -2.04. The average molecular weight is 242 g/mol. The maximum atomic E-state index is 11.1. The first-order valence-electron chi connectivity index (χ1n) is 6.82. The molecule has 0 aliphatic rings. The number of ether oxygens (including phenoxy) is 1. The average Bonchev–Trinajstić information content (AvgIpc) is 2.30. The molecule has 0 bridgehead atoms. The molecule has 0 aliphatic heterocycles. The molecule has 0 heterocycles. The largest absolute Gasteiger partial charge is 0.466 e. The topological polar surface area (TPSA) is 43.4 Å². The summed E-state index contributed by atoms with van der Waals surface area (Å²) in [4.78, 5) is 21.8. The van der Waals surface area contributed by atoms with E-state index in [0.717, 1.165) is 12.8 Å². The summed E-state index contributed by atoms with van der Waals surface area (Å²) in [7, 11) is 0. The van der Waals surface area contributed by atoms with E-state index < -0.39 is 0 Å². The Morgan fingerprint density at radius 2 is 1.47 bits per heavy atom. The maximum Gasteiger partial charge on any atom is 0.306 e. The first kappa shape index (κ1) is 16.1. The van der Waals surface area contributed by atoms with Gasteiger partial charge in [-0.15, -0.1) is 0 Å². The molecule has 0 spiro atoms. The number of carbonyl (C=O) groups excluding carboxylic acids is 2. The van der Waals surface area contributed by atoms with Gasteiger partial charge in [0.1, 0.15) is 5.78 Å². The molecule has 3 heteroatoms. The van der Waals surface area contributed by atoms with E-state index in [4.69, 9.17) is 4.74 Å². The predicted octanol–water partition coefficient (Wildman–Crippen LogP) is 3.65. The molecule has 0 radical (unpaired) electrons. The highest BCUT2D eigenvalue weighted by Crippen LogP contribution is 2.07. The molecule has 0 N–H and O–H groups in total. The smallest absolute Gasteiger partial charge is 0.306 e. The quantitative estimate of drug-likeness (QED) is 0.410. The van der Waals surface area contributed by atoms with Gasteiger partial charge in [-0.2, -0.15) is 0 Å².